The zero-order chi connectivity index (χ0) is 36.6. The maximum absolute atomic E-state index is 10.8. The molecule has 3 aromatic heterocycles. The molecule has 0 aliphatic rings. The third-order valence-electron chi connectivity index (χ3n) is 11.1. The fourth-order valence-corrected chi connectivity index (χ4v) is 8.76. The van der Waals surface area contributed by atoms with Gasteiger partial charge in [-0.3, -0.25) is 0 Å². The molecule has 0 fully saturated rings. The zero-order valence-corrected chi connectivity index (χ0v) is 29.5. The van der Waals surface area contributed by atoms with Crippen molar-refractivity contribution < 1.29 is 0 Å². The molecular weight excluding hydrogens is 671 g/mol. The van der Waals surface area contributed by atoms with Gasteiger partial charge in [0.05, 0.1) is 61.7 Å². The number of hydrogen-bond donors (Lipinski definition) is 0. The molecule has 0 unspecified atom stereocenters. The maximum Gasteiger partial charge on any atom is 0.101 e. The first-order chi connectivity index (χ1) is 27.2. The van der Waals surface area contributed by atoms with Gasteiger partial charge in [-0.15, -0.1) is 0 Å². The van der Waals surface area contributed by atoms with E-state index in [1.54, 1.807) is 0 Å². The molecule has 0 radical (unpaired) electrons. The van der Waals surface area contributed by atoms with Crippen LogP contribution in [0.3, 0.4) is 0 Å². The van der Waals surface area contributed by atoms with E-state index in [0.717, 1.165) is 82.8 Å². The van der Waals surface area contributed by atoms with Crippen molar-refractivity contribution in [2.24, 2.45) is 0 Å². The Morgan fingerprint density at radius 2 is 0.836 bits per heavy atom. The minimum Gasteiger partial charge on any atom is -0.309 e. The summed E-state index contributed by atoms with van der Waals surface area (Å²) < 4.78 is 6.84. The molecule has 0 bridgehead atoms. The largest absolute Gasteiger partial charge is 0.309 e. The Balaban J connectivity index is 1.10. The Labute approximate surface area is 316 Å². The lowest BCUT2D eigenvalue weighted by Crippen LogP contribution is -2.00. The minimum atomic E-state index is 0.594. The van der Waals surface area contributed by atoms with Crippen LogP contribution in [0.15, 0.2) is 176 Å². The quantitative estimate of drug-likeness (QED) is 0.184. The van der Waals surface area contributed by atoms with Crippen molar-refractivity contribution in [3.63, 3.8) is 0 Å². The highest BCUT2D eigenvalue weighted by molar-refractivity contribution is 6.13. The number of nitrogens with zero attached hydrogens (tertiary/aromatic N) is 5. The van der Waals surface area contributed by atoms with Crippen molar-refractivity contribution in [1.29, 1.82) is 10.5 Å². The molecule has 254 valence electrons. The number of aromatic nitrogens is 3. The van der Waals surface area contributed by atoms with Crippen LogP contribution in [0.1, 0.15) is 11.1 Å². The van der Waals surface area contributed by atoms with Crippen LogP contribution in [0.25, 0.3) is 93.6 Å². The zero-order valence-electron chi connectivity index (χ0n) is 29.5. The standard InChI is InChI=1S/C50H29N5/c51-30-32-21-24-49-41(27-32)39-14-4-7-17-45(39)53(49)35-23-26-50-42(29-35)40-15-5-10-20-48(40)54(50)43-25-22-33(28-34(43)31-52)36-11-1-6-16-44(36)55-46-18-8-2-12-37(46)38-13-3-9-19-47(38)55/h1-29H. The third-order valence-corrected chi connectivity index (χ3v) is 11.1. The molecule has 5 nitrogen and oxygen atoms in total. The molecule has 0 saturated carbocycles. The van der Waals surface area contributed by atoms with Crippen LogP contribution in [-0.2, 0) is 0 Å². The van der Waals surface area contributed by atoms with Gasteiger partial charge in [-0.1, -0.05) is 97.1 Å². The highest BCUT2D eigenvalue weighted by atomic mass is 15.0. The van der Waals surface area contributed by atoms with E-state index in [9.17, 15) is 10.5 Å². The molecule has 0 atom stereocenters. The van der Waals surface area contributed by atoms with E-state index in [0.29, 0.717) is 11.1 Å². The SMILES string of the molecule is N#Cc1ccc2c(c1)c1ccccc1n2-c1ccc2c(c1)c1ccccc1n2-c1ccc(-c2ccccc2-n2c3ccccc3c3ccccc32)cc1C#N. The Morgan fingerprint density at radius 1 is 0.345 bits per heavy atom. The Hall–Kier alpha value is -7.86. The van der Waals surface area contributed by atoms with Crippen LogP contribution in [0.5, 0.6) is 0 Å². The van der Waals surface area contributed by atoms with Crippen molar-refractivity contribution >= 4 is 65.4 Å². The highest BCUT2D eigenvalue weighted by Gasteiger charge is 2.20. The van der Waals surface area contributed by atoms with Gasteiger partial charge >= 0.3 is 0 Å². The second kappa shape index (κ2) is 11.8. The molecular formula is C50H29N5. The Kier molecular flexibility index (Phi) is 6.61. The van der Waals surface area contributed by atoms with E-state index in [4.69, 9.17) is 0 Å². The number of nitriles is 2. The fourth-order valence-electron chi connectivity index (χ4n) is 8.76. The van der Waals surface area contributed by atoms with E-state index >= 15 is 0 Å². The van der Waals surface area contributed by atoms with Gasteiger partial charge < -0.3 is 13.7 Å². The van der Waals surface area contributed by atoms with Crippen LogP contribution in [0.4, 0.5) is 0 Å². The van der Waals surface area contributed by atoms with Crippen molar-refractivity contribution in [3.8, 4) is 40.3 Å². The second-order valence-corrected chi connectivity index (χ2v) is 14.0. The Bertz CT molecular complexity index is 3420. The van der Waals surface area contributed by atoms with E-state index in [1.165, 1.54) is 10.8 Å². The van der Waals surface area contributed by atoms with Crippen LogP contribution in [0.2, 0.25) is 0 Å². The van der Waals surface area contributed by atoms with Crippen molar-refractivity contribution in [1.82, 2.24) is 13.7 Å². The van der Waals surface area contributed by atoms with Crippen LogP contribution in [0, 0.1) is 22.7 Å². The lowest BCUT2D eigenvalue weighted by molar-refractivity contribution is 1.15. The average Bonchev–Trinajstić information content (AvgIpc) is 3.88. The number of para-hydroxylation sites is 5. The molecule has 0 N–H and O–H groups in total. The summed E-state index contributed by atoms with van der Waals surface area (Å²) in [4.78, 5) is 0. The van der Waals surface area contributed by atoms with E-state index in [2.05, 4.69) is 171 Å². The van der Waals surface area contributed by atoms with Gasteiger partial charge in [0.25, 0.3) is 0 Å². The first-order valence-electron chi connectivity index (χ1n) is 18.3. The summed E-state index contributed by atoms with van der Waals surface area (Å²) in [6.07, 6.45) is 0. The molecule has 0 aliphatic heterocycles. The van der Waals surface area contributed by atoms with Gasteiger partial charge in [0.15, 0.2) is 0 Å². The summed E-state index contributed by atoms with van der Waals surface area (Å²) in [6.45, 7) is 0. The highest BCUT2D eigenvalue weighted by Crippen LogP contribution is 2.40. The number of hydrogen-bond acceptors (Lipinski definition) is 2. The van der Waals surface area contributed by atoms with Crippen molar-refractivity contribution in [2.45, 2.75) is 0 Å². The number of rotatable bonds is 4. The molecule has 0 saturated heterocycles. The summed E-state index contributed by atoms with van der Waals surface area (Å²) in [5.74, 6) is 0. The van der Waals surface area contributed by atoms with E-state index < -0.39 is 0 Å². The summed E-state index contributed by atoms with van der Waals surface area (Å²) >= 11 is 0. The molecule has 11 rings (SSSR count). The second-order valence-electron chi connectivity index (χ2n) is 14.0. The molecule has 8 aromatic carbocycles. The monoisotopic (exact) mass is 699 g/mol. The minimum absolute atomic E-state index is 0.594. The molecule has 3 heterocycles. The number of benzene rings is 8. The molecule has 55 heavy (non-hydrogen) atoms. The lowest BCUT2D eigenvalue weighted by atomic mass is 10.00. The van der Waals surface area contributed by atoms with Crippen LogP contribution < -0.4 is 0 Å². The topological polar surface area (TPSA) is 62.4 Å². The number of fused-ring (bicyclic) bond motifs is 9. The average molecular weight is 700 g/mol. The maximum atomic E-state index is 10.8. The molecule has 11 aromatic rings. The summed E-state index contributed by atoms with van der Waals surface area (Å²) in [5.41, 5.74) is 12.7. The molecule has 5 heteroatoms. The van der Waals surface area contributed by atoms with Crippen molar-refractivity contribution in [2.75, 3.05) is 0 Å². The van der Waals surface area contributed by atoms with Gasteiger partial charge in [-0.2, -0.15) is 10.5 Å². The van der Waals surface area contributed by atoms with Gasteiger partial charge in [-0.05, 0) is 84.4 Å². The lowest BCUT2D eigenvalue weighted by Gasteiger charge is -2.16. The fraction of sp³-hybridized carbons (Fsp3) is 0. The summed E-state index contributed by atoms with van der Waals surface area (Å²) in [6, 6.07) is 65.9. The molecule has 0 aliphatic carbocycles. The molecule has 0 amide bonds. The summed E-state index contributed by atoms with van der Waals surface area (Å²) in [5, 5.41) is 27.2. The van der Waals surface area contributed by atoms with Gasteiger partial charge in [0, 0.05) is 43.6 Å². The summed E-state index contributed by atoms with van der Waals surface area (Å²) in [7, 11) is 0. The Morgan fingerprint density at radius 3 is 1.47 bits per heavy atom. The van der Waals surface area contributed by atoms with Crippen LogP contribution in [-0.4, -0.2) is 13.7 Å². The van der Waals surface area contributed by atoms with Crippen LogP contribution >= 0.6 is 0 Å². The van der Waals surface area contributed by atoms with Crippen molar-refractivity contribution in [3.05, 3.63) is 187 Å². The predicted octanol–water partition coefficient (Wildman–Crippen LogP) is 12.4. The van der Waals surface area contributed by atoms with Gasteiger partial charge in [-0.25, -0.2) is 0 Å². The third kappa shape index (κ3) is 4.45. The van der Waals surface area contributed by atoms with E-state index in [-0.39, 0.29) is 0 Å². The van der Waals surface area contributed by atoms with Gasteiger partial charge in [0.2, 0.25) is 0 Å². The normalized spacial score (nSPS) is 11.6. The first kappa shape index (κ1) is 30.7. The smallest absolute Gasteiger partial charge is 0.101 e. The van der Waals surface area contributed by atoms with E-state index in [1.807, 2.05) is 30.3 Å². The van der Waals surface area contributed by atoms with Gasteiger partial charge in [0.1, 0.15) is 6.07 Å². The predicted molar refractivity (Wildman–Crippen MR) is 224 cm³/mol. The first-order valence-corrected chi connectivity index (χ1v) is 18.3. The molecule has 0 spiro atoms.